The van der Waals surface area contributed by atoms with Gasteiger partial charge < -0.3 is 25.8 Å². The summed E-state index contributed by atoms with van der Waals surface area (Å²) >= 11 is 0. The van der Waals surface area contributed by atoms with Gasteiger partial charge in [0.1, 0.15) is 18.1 Å². The summed E-state index contributed by atoms with van der Waals surface area (Å²) in [5, 5.41) is 5.39. The zero-order chi connectivity index (χ0) is 22.7. The molecule has 0 radical (unpaired) electrons. The quantitative estimate of drug-likeness (QED) is 0.682. The van der Waals surface area contributed by atoms with E-state index in [9.17, 15) is 14.4 Å². The SMILES string of the molecule is CC1CC1.Cc1nc(N)ccc1CNC(=O)Cn1c(C)cc2c(c1=O)NC(=O)CN2C. The van der Waals surface area contributed by atoms with E-state index >= 15 is 0 Å². The van der Waals surface area contributed by atoms with Crippen LogP contribution in [-0.2, 0) is 22.7 Å². The molecule has 3 heterocycles. The minimum Gasteiger partial charge on any atom is -0.384 e. The maximum Gasteiger partial charge on any atom is 0.277 e. The van der Waals surface area contributed by atoms with Gasteiger partial charge in [0, 0.05) is 25.0 Å². The van der Waals surface area contributed by atoms with Crippen LogP contribution < -0.4 is 26.8 Å². The molecular weight excluding hydrogens is 396 g/mol. The molecule has 0 saturated heterocycles. The summed E-state index contributed by atoms with van der Waals surface area (Å²) in [5.41, 5.74) is 8.30. The van der Waals surface area contributed by atoms with Crippen LogP contribution in [0.15, 0.2) is 23.0 Å². The van der Waals surface area contributed by atoms with Crippen LogP contribution in [0.1, 0.15) is 36.7 Å². The van der Waals surface area contributed by atoms with Gasteiger partial charge in [-0.05, 0) is 37.5 Å². The maximum absolute atomic E-state index is 12.7. The van der Waals surface area contributed by atoms with Gasteiger partial charge in [-0.25, -0.2) is 4.98 Å². The van der Waals surface area contributed by atoms with Gasteiger partial charge in [-0.2, -0.15) is 0 Å². The first-order chi connectivity index (χ1) is 14.7. The third-order valence-corrected chi connectivity index (χ3v) is 5.40. The monoisotopic (exact) mass is 426 g/mol. The normalized spacial score (nSPS) is 14.8. The first-order valence-corrected chi connectivity index (χ1v) is 10.4. The van der Waals surface area contributed by atoms with Crippen molar-refractivity contribution in [3.05, 3.63) is 45.5 Å². The Morgan fingerprint density at radius 2 is 1.97 bits per heavy atom. The number of aromatic nitrogens is 2. The lowest BCUT2D eigenvalue weighted by Gasteiger charge is -2.28. The molecule has 31 heavy (non-hydrogen) atoms. The van der Waals surface area contributed by atoms with Gasteiger partial charge in [-0.1, -0.05) is 25.8 Å². The van der Waals surface area contributed by atoms with Gasteiger partial charge in [0.25, 0.3) is 5.56 Å². The number of hydrogen-bond acceptors (Lipinski definition) is 6. The number of rotatable bonds is 4. The molecule has 2 amide bonds. The molecule has 4 N–H and O–H groups in total. The first-order valence-electron chi connectivity index (χ1n) is 10.4. The topological polar surface area (TPSA) is 122 Å². The Morgan fingerprint density at radius 1 is 1.29 bits per heavy atom. The van der Waals surface area contributed by atoms with Crippen LogP contribution >= 0.6 is 0 Å². The smallest absolute Gasteiger partial charge is 0.277 e. The van der Waals surface area contributed by atoms with E-state index in [1.165, 1.54) is 17.4 Å². The third-order valence-electron chi connectivity index (χ3n) is 5.40. The van der Waals surface area contributed by atoms with Crippen LogP contribution in [0, 0.1) is 19.8 Å². The van der Waals surface area contributed by atoms with E-state index in [-0.39, 0.29) is 37.1 Å². The Labute approximate surface area is 181 Å². The highest BCUT2D eigenvalue weighted by Gasteiger charge is 2.24. The molecule has 9 nitrogen and oxygen atoms in total. The molecule has 0 spiro atoms. The number of fused-ring (bicyclic) bond motifs is 1. The molecule has 1 saturated carbocycles. The molecule has 0 unspecified atom stereocenters. The highest BCUT2D eigenvalue weighted by Crippen LogP contribution is 2.27. The fourth-order valence-corrected chi connectivity index (χ4v) is 3.20. The summed E-state index contributed by atoms with van der Waals surface area (Å²) < 4.78 is 1.35. The minimum atomic E-state index is -0.398. The number of likely N-dealkylation sites (N-methyl/N-ethyl adjacent to an activating group) is 1. The molecule has 9 heteroatoms. The highest BCUT2D eigenvalue weighted by molar-refractivity contribution is 6.00. The summed E-state index contributed by atoms with van der Waals surface area (Å²) in [7, 11) is 1.75. The number of carbonyl (C=O) groups excluding carboxylic acids is 2. The van der Waals surface area contributed by atoms with Crippen LogP contribution in [0.25, 0.3) is 0 Å². The second kappa shape index (κ2) is 9.20. The van der Waals surface area contributed by atoms with E-state index in [1.54, 1.807) is 37.1 Å². The first kappa shape index (κ1) is 22.3. The Hall–Kier alpha value is -3.36. The lowest BCUT2D eigenvalue weighted by Crippen LogP contribution is -2.41. The van der Waals surface area contributed by atoms with Crippen LogP contribution in [-0.4, -0.2) is 35.0 Å². The molecule has 1 fully saturated rings. The number of amides is 2. The Kier molecular flexibility index (Phi) is 6.62. The number of aryl methyl sites for hydroxylation is 2. The second-order valence-electron chi connectivity index (χ2n) is 8.28. The number of pyridine rings is 2. The molecule has 1 aliphatic carbocycles. The number of carbonyl (C=O) groups is 2. The van der Waals surface area contributed by atoms with E-state index in [1.807, 2.05) is 6.92 Å². The second-order valence-corrected chi connectivity index (χ2v) is 8.28. The molecule has 166 valence electrons. The summed E-state index contributed by atoms with van der Waals surface area (Å²) in [6.45, 7) is 6.18. The number of anilines is 3. The maximum atomic E-state index is 12.7. The van der Waals surface area contributed by atoms with Crippen molar-refractivity contribution in [3.63, 3.8) is 0 Å². The van der Waals surface area contributed by atoms with E-state index in [0.717, 1.165) is 17.2 Å². The van der Waals surface area contributed by atoms with E-state index in [0.29, 0.717) is 17.2 Å². The zero-order valence-corrected chi connectivity index (χ0v) is 18.5. The standard InChI is InChI=1S/C18H22N6O3.C4H8/c1-10-6-13-17(22-16(26)8-23(13)3)18(27)24(10)9-15(25)20-7-12-4-5-14(19)21-11(12)2;1-4-2-3-4/h4-6H,7-9H2,1-3H3,(H2,19,21)(H,20,25)(H,22,26);4H,2-3H2,1H3. The molecular formula is C22H30N6O3. The Bertz CT molecular complexity index is 1060. The van der Waals surface area contributed by atoms with Gasteiger partial charge >= 0.3 is 0 Å². The number of hydrogen-bond donors (Lipinski definition) is 3. The minimum absolute atomic E-state index is 0.140. The molecule has 4 rings (SSSR count). The number of nitrogens with zero attached hydrogens (tertiary/aromatic N) is 3. The fraction of sp³-hybridized carbons (Fsp3) is 0.455. The lowest BCUT2D eigenvalue weighted by molar-refractivity contribution is -0.122. The van der Waals surface area contributed by atoms with Crippen molar-refractivity contribution in [3.8, 4) is 0 Å². The molecule has 1 aliphatic heterocycles. The molecule has 0 atom stereocenters. The lowest BCUT2D eigenvalue weighted by atomic mass is 10.2. The largest absolute Gasteiger partial charge is 0.384 e. The fourth-order valence-electron chi connectivity index (χ4n) is 3.20. The van der Waals surface area contributed by atoms with Crippen molar-refractivity contribution in [2.75, 3.05) is 29.5 Å². The van der Waals surface area contributed by atoms with Crippen LogP contribution in [0.3, 0.4) is 0 Å². The molecule has 2 aliphatic rings. The average Bonchev–Trinajstić information content (AvgIpc) is 3.48. The summed E-state index contributed by atoms with van der Waals surface area (Å²) in [4.78, 5) is 42.7. The average molecular weight is 427 g/mol. The van der Waals surface area contributed by atoms with Gasteiger partial charge in [0.15, 0.2) is 0 Å². The van der Waals surface area contributed by atoms with E-state index in [2.05, 4.69) is 22.5 Å². The summed E-state index contributed by atoms with van der Waals surface area (Å²) in [6.07, 6.45) is 2.97. The van der Waals surface area contributed by atoms with Crippen LogP contribution in [0.5, 0.6) is 0 Å². The molecule has 0 bridgehead atoms. The van der Waals surface area contributed by atoms with Crippen molar-refractivity contribution >= 4 is 29.0 Å². The van der Waals surface area contributed by atoms with E-state index < -0.39 is 5.56 Å². The van der Waals surface area contributed by atoms with Crippen molar-refractivity contribution in [2.24, 2.45) is 5.92 Å². The highest BCUT2D eigenvalue weighted by atomic mass is 16.2. The zero-order valence-electron chi connectivity index (χ0n) is 18.5. The molecule has 2 aromatic heterocycles. The van der Waals surface area contributed by atoms with Gasteiger partial charge in [-0.15, -0.1) is 0 Å². The van der Waals surface area contributed by atoms with Crippen molar-refractivity contribution in [2.45, 2.75) is 46.7 Å². The van der Waals surface area contributed by atoms with E-state index in [4.69, 9.17) is 5.73 Å². The summed E-state index contributed by atoms with van der Waals surface area (Å²) in [5.74, 6) is 0.936. The van der Waals surface area contributed by atoms with Crippen LogP contribution in [0.2, 0.25) is 0 Å². The van der Waals surface area contributed by atoms with Crippen molar-refractivity contribution in [1.29, 1.82) is 0 Å². The molecule has 0 aromatic carbocycles. The number of nitrogens with two attached hydrogens (primary N) is 1. The Morgan fingerprint density at radius 3 is 2.58 bits per heavy atom. The van der Waals surface area contributed by atoms with Gasteiger partial charge in [-0.3, -0.25) is 14.4 Å². The molecule has 2 aromatic rings. The summed E-state index contributed by atoms with van der Waals surface area (Å²) in [6, 6.07) is 5.27. The third kappa shape index (κ3) is 5.62. The van der Waals surface area contributed by atoms with Crippen molar-refractivity contribution in [1.82, 2.24) is 14.9 Å². The number of nitrogen functional groups attached to an aromatic ring is 1. The predicted molar refractivity (Wildman–Crippen MR) is 121 cm³/mol. The van der Waals surface area contributed by atoms with Gasteiger partial charge in [0.05, 0.1) is 12.2 Å². The predicted octanol–water partition coefficient (Wildman–Crippen LogP) is 1.56. The number of nitrogens with one attached hydrogen (secondary N) is 2. The Balaban J connectivity index is 0.000000610. The van der Waals surface area contributed by atoms with Crippen LogP contribution in [0.4, 0.5) is 17.2 Å². The van der Waals surface area contributed by atoms with Gasteiger partial charge in [0.2, 0.25) is 11.8 Å². The van der Waals surface area contributed by atoms with Crippen molar-refractivity contribution < 1.29 is 9.59 Å².